The van der Waals surface area contributed by atoms with Gasteiger partial charge in [0, 0.05) is 11.5 Å². The summed E-state index contributed by atoms with van der Waals surface area (Å²) >= 11 is 11.7. The molecule has 90 valence electrons. The van der Waals surface area contributed by atoms with Crippen LogP contribution in [0.2, 0.25) is 0 Å². The average Bonchev–Trinajstić information content (AvgIpc) is 2.91. The number of epoxide rings is 1. The second-order valence-electron chi connectivity index (χ2n) is 3.88. The molecule has 2 unspecified atom stereocenters. The molecule has 1 aliphatic heterocycles. The van der Waals surface area contributed by atoms with E-state index in [9.17, 15) is 13.0 Å². The van der Waals surface area contributed by atoms with Gasteiger partial charge in [-0.25, -0.2) is 0 Å². The van der Waals surface area contributed by atoms with Crippen molar-refractivity contribution in [2.75, 3.05) is 6.61 Å². The molecule has 16 heavy (non-hydrogen) atoms. The highest BCUT2D eigenvalue weighted by molar-refractivity contribution is 7.87. The molecule has 1 fully saturated rings. The van der Waals surface area contributed by atoms with Crippen molar-refractivity contribution in [3.8, 4) is 0 Å². The van der Waals surface area contributed by atoms with Gasteiger partial charge in [0.2, 0.25) is 0 Å². The Morgan fingerprint density at radius 2 is 2.25 bits per heavy atom. The highest BCUT2D eigenvalue weighted by Gasteiger charge is 2.51. The van der Waals surface area contributed by atoms with Gasteiger partial charge in [-0.2, -0.15) is 8.42 Å². The van der Waals surface area contributed by atoms with Crippen molar-refractivity contribution in [1.82, 2.24) is 0 Å². The molecule has 0 aromatic heterocycles. The third-order valence-electron chi connectivity index (χ3n) is 2.73. The van der Waals surface area contributed by atoms with Gasteiger partial charge in [-0.05, 0) is 12.2 Å². The van der Waals surface area contributed by atoms with Crippen molar-refractivity contribution in [1.29, 1.82) is 0 Å². The van der Waals surface area contributed by atoms with Gasteiger partial charge in [-0.3, -0.25) is 4.55 Å². The summed E-state index contributed by atoms with van der Waals surface area (Å²) in [5, 5.41) is -0.541. The minimum Gasteiger partial charge on any atom is -0.373 e. The fraction of sp³-hybridized carbons (Fsp3) is 0.556. The SMILES string of the molecule is O=S(=O)(O)C1(C[C@H]2CO2)C=CC(Cl)=CC1Cl. The summed E-state index contributed by atoms with van der Waals surface area (Å²) in [4.78, 5) is 0. The van der Waals surface area contributed by atoms with Crippen LogP contribution in [0.3, 0.4) is 0 Å². The Hall–Kier alpha value is -0.0700. The summed E-state index contributed by atoms with van der Waals surface area (Å²) < 4.78 is 35.7. The van der Waals surface area contributed by atoms with Crippen LogP contribution in [0, 0.1) is 0 Å². The van der Waals surface area contributed by atoms with E-state index in [4.69, 9.17) is 27.9 Å². The molecule has 7 heteroatoms. The first-order valence-electron chi connectivity index (χ1n) is 4.64. The molecule has 0 amide bonds. The molecule has 1 aliphatic carbocycles. The molecule has 4 nitrogen and oxygen atoms in total. The zero-order chi connectivity index (χ0) is 12.0. The lowest BCUT2D eigenvalue weighted by Crippen LogP contribution is -2.46. The first-order chi connectivity index (χ1) is 7.35. The summed E-state index contributed by atoms with van der Waals surface area (Å²) in [5.74, 6) is 0. The molecule has 1 saturated heterocycles. The smallest absolute Gasteiger partial charge is 0.276 e. The Morgan fingerprint density at radius 1 is 1.62 bits per heavy atom. The highest BCUT2D eigenvalue weighted by atomic mass is 35.5. The van der Waals surface area contributed by atoms with Crippen LogP contribution in [-0.2, 0) is 14.9 Å². The number of alkyl halides is 1. The predicted molar refractivity (Wildman–Crippen MR) is 61.4 cm³/mol. The van der Waals surface area contributed by atoms with Crippen LogP contribution in [0.4, 0.5) is 0 Å². The Bertz CT molecular complexity index is 452. The second-order valence-corrected chi connectivity index (χ2v) is 6.49. The van der Waals surface area contributed by atoms with E-state index in [0.29, 0.717) is 11.6 Å². The molecule has 0 spiro atoms. The molecule has 2 aliphatic rings. The van der Waals surface area contributed by atoms with Crippen LogP contribution in [0.1, 0.15) is 6.42 Å². The van der Waals surface area contributed by atoms with Gasteiger partial charge in [0.15, 0.2) is 0 Å². The zero-order valence-electron chi connectivity index (χ0n) is 8.14. The van der Waals surface area contributed by atoms with Crippen molar-refractivity contribution in [3.63, 3.8) is 0 Å². The largest absolute Gasteiger partial charge is 0.373 e. The third-order valence-corrected chi connectivity index (χ3v) is 5.14. The Morgan fingerprint density at radius 3 is 2.69 bits per heavy atom. The maximum atomic E-state index is 11.5. The lowest BCUT2D eigenvalue weighted by molar-refractivity contribution is 0.364. The van der Waals surface area contributed by atoms with Gasteiger partial charge < -0.3 is 4.74 Å². The van der Waals surface area contributed by atoms with Crippen molar-refractivity contribution in [2.24, 2.45) is 0 Å². The van der Waals surface area contributed by atoms with E-state index in [1.807, 2.05) is 0 Å². The Balaban J connectivity index is 2.39. The van der Waals surface area contributed by atoms with Crippen LogP contribution in [0.15, 0.2) is 23.3 Å². The topological polar surface area (TPSA) is 66.9 Å². The molecule has 1 N–H and O–H groups in total. The lowest BCUT2D eigenvalue weighted by Gasteiger charge is -2.32. The van der Waals surface area contributed by atoms with Gasteiger partial charge >= 0.3 is 0 Å². The number of allylic oxidation sites excluding steroid dienone is 3. The molecule has 0 aromatic rings. The minimum absolute atomic E-state index is 0.136. The van der Waals surface area contributed by atoms with Gasteiger partial charge in [-0.15, -0.1) is 11.6 Å². The minimum atomic E-state index is -4.32. The van der Waals surface area contributed by atoms with Gasteiger partial charge in [0.05, 0.1) is 18.1 Å². The molecule has 0 aromatic carbocycles. The molecule has 3 atom stereocenters. The van der Waals surface area contributed by atoms with Crippen molar-refractivity contribution < 1.29 is 17.7 Å². The van der Waals surface area contributed by atoms with Crippen LogP contribution in [0.25, 0.3) is 0 Å². The van der Waals surface area contributed by atoms with E-state index in [-0.39, 0.29) is 12.5 Å². The quantitative estimate of drug-likeness (QED) is 0.487. The predicted octanol–water partition coefficient (Wildman–Crippen LogP) is 1.70. The summed E-state index contributed by atoms with van der Waals surface area (Å²) in [5.41, 5.74) is 0. The third kappa shape index (κ3) is 2.15. The zero-order valence-corrected chi connectivity index (χ0v) is 10.5. The molecule has 0 radical (unpaired) electrons. The summed E-state index contributed by atoms with van der Waals surface area (Å²) in [6.45, 7) is 0.492. The summed E-state index contributed by atoms with van der Waals surface area (Å²) in [7, 11) is -4.32. The highest BCUT2D eigenvalue weighted by Crippen LogP contribution is 2.39. The van der Waals surface area contributed by atoms with Crippen LogP contribution in [0.5, 0.6) is 0 Å². The van der Waals surface area contributed by atoms with Crippen LogP contribution in [-0.4, -0.2) is 35.8 Å². The maximum absolute atomic E-state index is 11.5. The summed E-state index contributed by atoms with van der Waals surface area (Å²) in [6.07, 6.45) is 4.13. The normalized spacial score (nSPS) is 38.3. The van der Waals surface area contributed by atoms with Crippen molar-refractivity contribution in [2.45, 2.75) is 22.6 Å². The standard InChI is InChI=1S/C9H10Cl2O4S/c10-6-1-2-9(8(11)3-6,16(12,13)14)4-7-5-15-7/h1-3,7-8H,4-5H2,(H,12,13,14)/t7-,8?,9?/m0/s1. The van der Waals surface area contributed by atoms with E-state index in [0.717, 1.165) is 0 Å². The molecule has 0 bridgehead atoms. The fourth-order valence-electron chi connectivity index (χ4n) is 1.70. The molecule has 2 rings (SSSR count). The lowest BCUT2D eigenvalue weighted by atomic mass is 9.94. The molecule has 1 heterocycles. The molecule has 0 saturated carbocycles. The number of hydrogen-bond acceptors (Lipinski definition) is 3. The Kier molecular flexibility index (Phi) is 3.09. The number of rotatable bonds is 3. The van der Waals surface area contributed by atoms with E-state index >= 15 is 0 Å². The monoisotopic (exact) mass is 284 g/mol. The first kappa shape index (κ1) is 12.4. The molecular formula is C9H10Cl2O4S. The molecular weight excluding hydrogens is 275 g/mol. The van der Waals surface area contributed by atoms with Gasteiger partial charge in [-0.1, -0.05) is 17.7 Å². The second kappa shape index (κ2) is 3.99. The van der Waals surface area contributed by atoms with E-state index < -0.39 is 20.2 Å². The summed E-state index contributed by atoms with van der Waals surface area (Å²) in [6, 6.07) is 0. The number of ether oxygens (including phenoxy) is 1. The van der Waals surface area contributed by atoms with E-state index in [2.05, 4.69) is 0 Å². The van der Waals surface area contributed by atoms with Crippen LogP contribution >= 0.6 is 23.2 Å². The first-order valence-corrected chi connectivity index (χ1v) is 6.90. The average molecular weight is 285 g/mol. The fourth-order valence-corrected chi connectivity index (χ4v) is 3.58. The van der Waals surface area contributed by atoms with Crippen molar-refractivity contribution in [3.05, 3.63) is 23.3 Å². The van der Waals surface area contributed by atoms with Crippen LogP contribution < -0.4 is 0 Å². The van der Waals surface area contributed by atoms with Crippen molar-refractivity contribution >= 4 is 33.3 Å². The number of halogens is 2. The Labute approximate surface area is 104 Å². The van der Waals surface area contributed by atoms with Gasteiger partial charge in [0.25, 0.3) is 10.1 Å². The van der Waals surface area contributed by atoms with E-state index in [1.54, 1.807) is 0 Å². The van der Waals surface area contributed by atoms with Gasteiger partial charge in [0.1, 0.15) is 4.75 Å². The maximum Gasteiger partial charge on any atom is 0.276 e. The van der Waals surface area contributed by atoms with E-state index in [1.165, 1.54) is 18.2 Å². The number of hydrogen-bond donors (Lipinski definition) is 1.